The Morgan fingerprint density at radius 1 is 1.40 bits per heavy atom. The van der Waals surface area contributed by atoms with Gasteiger partial charge in [0, 0.05) is 38.1 Å². The first-order valence-corrected chi connectivity index (χ1v) is 5.70. The van der Waals surface area contributed by atoms with Crippen molar-refractivity contribution in [1.29, 1.82) is 0 Å². The lowest BCUT2D eigenvalue weighted by atomic mass is 10.2. The standard InChI is InChI=1S/C12H19N3/c1-11-2-5-14-8-9-15(11)10-12-3-6-13-7-4-12/h3-4,6-7,11,14H,2,5,8-10H2,1H3. The van der Waals surface area contributed by atoms with Gasteiger partial charge in [0.15, 0.2) is 0 Å². The fraction of sp³-hybridized carbons (Fsp3) is 0.583. The van der Waals surface area contributed by atoms with E-state index in [1.54, 1.807) is 0 Å². The van der Waals surface area contributed by atoms with Crippen LogP contribution in [0, 0.1) is 0 Å². The first kappa shape index (κ1) is 10.6. The Labute approximate surface area is 91.5 Å². The minimum atomic E-state index is 0.674. The largest absolute Gasteiger partial charge is 0.315 e. The highest BCUT2D eigenvalue weighted by Gasteiger charge is 2.16. The summed E-state index contributed by atoms with van der Waals surface area (Å²) in [4.78, 5) is 6.58. The molecule has 0 radical (unpaired) electrons. The van der Waals surface area contributed by atoms with Crippen molar-refractivity contribution in [2.45, 2.75) is 25.9 Å². The van der Waals surface area contributed by atoms with E-state index in [9.17, 15) is 0 Å². The second-order valence-corrected chi connectivity index (χ2v) is 4.21. The number of hydrogen-bond donors (Lipinski definition) is 1. The Kier molecular flexibility index (Phi) is 3.69. The van der Waals surface area contributed by atoms with E-state index in [2.05, 4.69) is 34.3 Å². The van der Waals surface area contributed by atoms with E-state index >= 15 is 0 Å². The third-order valence-corrected chi connectivity index (χ3v) is 3.07. The molecule has 0 aromatic carbocycles. The Morgan fingerprint density at radius 2 is 2.20 bits per heavy atom. The molecule has 0 spiro atoms. The molecule has 2 rings (SSSR count). The Hall–Kier alpha value is -0.930. The van der Waals surface area contributed by atoms with Gasteiger partial charge in [-0.25, -0.2) is 0 Å². The first-order chi connectivity index (χ1) is 7.36. The molecule has 0 amide bonds. The predicted molar refractivity (Wildman–Crippen MR) is 61.6 cm³/mol. The topological polar surface area (TPSA) is 28.2 Å². The van der Waals surface area contributed by atoms with Crippen LogP contribution in [0.15, 0.2) is 24.5 Å². The molecule has 1 aliphatic heterocycles. The highest BCUT2D eigenvalue weighted by atomic mass is 15.2. The van der Waals surface area contributed by atoms with E-state index in [4.69, 9.17) is 0 Å². The zero-order chi connectivity index (χ0) is 10.5. The van der Waals surface area contributed by atoms with E-state index in [1.165, 1.54) is 12.0 Å². The van der Waals surface area contributed by atoms with Crippen LogP contribution in [0.4, 0.5) is 0 Å². The normalized spacial score (nSPS) is 23.7. The maximum Gasteiger partial charge on any atom is 0.0271 e. The molecule has 0 saturated carbocycles. The molecule has 1 N–H and O–H groups in total. The van der Waals surface area contributed by atoms with E-state index < -0.39 is 0 Å². The Balaban J connectivity index is 1.97. The van der Waals surface area contributed by atoms with Crippen LogP contribution >= 0.6 is 0 Å². The number of rotatable bonds is 2. The van der Waals surface area contributed by atoms with Gasteiger partial charge in [-0.2, -0.15) is 0 Å². The van der Waals surface area contributed by atoms with Gasteiger partial charge in [-0.05, 0) is 37.6 Å². The summed E-state index contributed by atoms with van der Waals surface area (Å²) in [6.07, 6.45) is 4.98. The number of nitrogens with zero attached hydrogens (tertiary/aromatic N) is 2. The summed E-state index contributed by atoms with van der Waals surface area (Å²) in [7, 11) is 0. The maximum absolute atomic E-state index is 4.05. The van der Waals surface area contributed by atoms with Gasteiger partial charge in [-0.1, -0.05) is 0 Å². The smallest absolute Gasteiger partial charge is 0.0271 e. The molecule has 82 valence electrons. The lowest BCUT2D eigenvalue weighted by Crippen LogP contribution is -2.33. The number of aromatic nitrogens is 1. The molecule has 0 aliphatic carbocycles. The number of pyridine rings is 1. The number of hydrogen-bond acceptors (Lipinski definition) is 3. The van der Waals surface area contributed by atoms with E-state index in [0.29, 0.717) is 6.04 Å². The summed E-state index contributed by atoms with van der Waals surface area (Å²) in [5, 5.41) is 3.44. The van der Waals surface area contributed by atoms with Crippen molar-refractivity contribution in [2.75, 3.05) is 19.6 Å². The molecule has 1 aromatic heterocycles. The van der Waals surface area contributed by atoms with Gasteiger partial charge in [-0.15, -0.1) is 0 Å². The van der Waals surface area contributed by atoms with Crippen molar-refractivity contribution in [2.24, 2.45) is 0 Å². The van der Waals surface area contributed by atoms with Crippen molar-refractivity contribution >= 4 is 0 Å². The molecule has 15 heavy (non-hydrogen) atoms. The van der Waals surface area contributed by atoms with Crippen LogP contribution in [0.5, 0.6) is 0 Å². The molecule has 2 heterocycles. The van der Waals surface area contributed by atoms with E-state index in [-0.39, 0.29) is 0 Å². The van der Waals surface area contributed by atoms with Gasteiger partial charge >= 0.3 is 0 Å². The summed E-state index contributed by atoms with van der Waals surface area (Å²) in [6, 6.07) is 4.88. The summed E-state index contributed by atoms with van der Waals surface area (Å²) in [5.41, 5.74) is 1.36. The molecule has 3 heteroatoms. The lowest BCUT2D eigenvalue weighted by Gasteiger charge is -2.26. The molecule has 1 saturated heterocycles. The minimum Gasteiger partial charge on any atom is -0.315 e. The molecule has 1 aliphatic rings. The van der Waals surface area contributed by atoms with Crippen molar-refractivity contribution < 1.29 is 0 Å². The third kappa shape index (κ3) is 3.01. The second kappa shape index (κ2) is 5.24. The Morgan fingerprint density at radius 3 is 3.00 bits per heavy atom. The molecule has 3 nitrogen and oxygen atoms in total. The van der Waals surface area contributed by atoms with E-state index in [0.717, 1.165) is 26.2 Å². The monoisotopic (exact) mass is 205 g/mol. The summed E-state index contributed by atoms with van der Waals surface area (Å²) in [6.45, 7) is 6.76. The van der Waals surface area contributed by atoms with E-state index in [1.807, 2.05) is 12.4 Å². The SMILES string of the molecule is CC1CCNCCN1Cc1ccncc1. The highest BCUT2D eigenvalue weighted by molar-refractivity contribution is 5.09. The van der Waals surface area contributed by atoms with Gasteiger partial charge in [0.05, 0.1) is 0 Å². The zero-order valence-electron chi connectivity index (χ0n) is 9.32. The average molecular weight is 205 g/mol. The summed E-state index contributed by atoms with van der Waals surface area (Å²) in [5.74, 6) is 0. The first-order valence-electron chi connectivity index (χ1n) is 5.70. The van der Waals surface area contributed by atoms with Crippen molar-refractivity contribution in [3.05, 3.63) is 30.1 Å². The number of nitrogens with one attached hydrogen (secondary N) is 1. The molecule has 1 unspecified atom stereocenters. The van der Waals surface area contributed by atoms with Gasteiger partial charge in [-0.3, -0.25) is 9.88 Å². The fourth-order valence-corrected chi connectivity index (χ4v) is 2.02. The lowest BCUT2D eigenvalue weighted by molar-refractivity contribution is 0.211. The zero-order valence-corrected chi connectivity index (χ0v) is 9.32. The van der Waals surface area contributed by atoms with Crippen LogP contribution in [-0.4, -0.2) is 35.6 Å². The van der Waals surface area contributed by atoms with Gasteiger partial charge in [0.2, 0.25) is 0 Å². The predicted octanol–water partition coefficient (Wildman–Crippen LogP) is 1.27. The third-order valence-electron chi connectivity index (χ3n) is 3.07. The maximum atomic E-state index is 4.05. The fourth-order valence-electron chi connectivity index (χ4n) is 2.02. The molecule has 1 atom stereocenters. The van der Waals surface area contributed by atoms with Crippen LogP contribution in [0.2, 0.25) is 0 Å². The Bertz CT molecular complexity index is 286. The molecular weight excluding hydrogens is 186 g/mol. The van der Waals surface area contributed by atoms with Gasteiger partial charge in [0.25, 0.3) is 0 Å². The molecule has 0 bridgehead atoms. The van der Waals surface area contributed by atoms with Gasteiger partial charge < -0.3 is 5.32 Å². The van der Waals surface area contributed by atoms with Gasteiger partial charge in [0.1, 0.15) is 0 Å². The molecule has 1 aromatic rings. The van der Waals surface area contributed by atoms with Crippen molar-refractivity contribution in [3.63, 3.8) is 0 Å². The van der Waals surface area contributed by atoms with Crippen LogP contribution < -0.4 is 5.32 Å². The van der Waals surface area contributed by atoms with Crippen LogP contribution in [0.1, 0.15) is 18.9 Å². The quantitative estimate of drug-likeness (QED) is 0.788. The summed E-state index contributed by atoms with van der Waals surface area (Å²) >= 11 is 0. The van der Waals surface area contributed by atoms with Crippen molar-refractivity contribution in [3.8, 4) is 0 Å². The van der Waals surface area contributed by atoms with Crippen LogP contribution in [0.3, 0.4) is 0 Å². The van der Waals surface area contributed by atoms with Crippen LogP contribution in [-0.2, 0) is 6.54 Å². The second-order valence-electron chi connectivity index (χ2n) is 4.21. The van der Waals surface area contributed by atoms with Crippen LogP contribution in [0.25, 0.3) is 0 Å². The molecule has 1 fully saturated rings. The van der Waals surface area contributed by atoms with Crippen molar-refractivity contribution in [1.82, 2.24) is 15.2 Å². The average Bonchev–Trinajstić information content (AvgIpc) is 2.46. The highest BCUT2D eigenvalue weighted by Crippen LogP contribution is 2.10. The molecular formula is C12H19N3. The summed E-state index contributed by atoms with van der Waals surface area (Å²) < 4.78 is 0. The minimum absolute atomic E-state index is 0.674.